The van der Waals surface area contributed by atoms with E-state index in [0.29, 0.717) is 30.2 Å². The Balaban J connectivity index is 1.87. The Labute approximate surface area is 176 Å². The monoisotopic (exact) mass is 437 g/mol. The first-order chi connectivity index (χ1) is 13.8. The fourth-order valence-corrected chi connectivity index (χ4v) is 4.34. The maximum Gasteiger partial charge on any atom is 0.313 e. The predicted molar refractivity (Wildman–Crippen MR) is 113 cm³/mol. The molecule has 2 rings (SSSR count). The van der Waals surface area contributed by atoms with E-state index in [9.17, 15) is 18.0 Å². The summed E-state index contributed by atoms with van der Waals surface area (Å²) in [6, 6.07) is 13.0. The normalized spacial score (nSPS) is 11.3. The van der Waals surface area contributed by atoms with Crippen LogP contribution in [0.4, 0.5) is 5.69 Å². The number of benzene rings is 2. The van der Waals surface area contributed by atoms with Crippen LogP contribution in [0.3, 0.4) is 0 Å². The smallest absolute Gasteiger partial charge is 0.313 e. The van der Waals surface area contributed by atoms with Crippen molar-refractivity contribution >= 4 is 39.1 Å². The number of halogens is 1. The van der Waals surface area contributed by atoms with Crippen LogP contribution in [0, 0.1) is 0 Å². The molecule has 0 aliphatic carbocycles. The lowest BCUT2D eigenvalue weighted by Gasteiger charge is -2.18. The Kier molecular flexibility index (Phi) is 8.19. The van der Waals surface area contributed by atoms with E-state index in [2.05, 4.69) is 10.6 Å². The molecule has 0 bridgehead atoms. The molecule has 0 spiro atoms. The summed E-state index contributed by atoms with van der Waals surface area (Å²) in [5.74, 6) is -1.54. The predicted octanol–water partition coefficient (Wildman–Crippen LogP) is 2.67. The second kappa shape index (κ2) is 10.4. The van der Waals surface area contributed by atoms with Gasteiger partial charge in [0.15, 0.2) is 0 Å². The van der Waals surface area contributed by atoms with Crippen molar-refractivity contribution in [3.8, 4) is 0 Å². The molecule has 0 aliphatic rings. The third-order valence-electron chi connectivity index (χ3n) is 4.25. The molecule has 0 aromatic heterocycles. The van der Waals surface area contributed by atoms with Crippen molar-refractivity contribution in [1.29, 1.82) is 0 Å². The van der Waals surface area contributed by atoms with Crippen LogP contribution in [0.15, 0.2) is 53.4 Å². The van der Waals surface area contributed by atoms with E-state index in [4.69, 9.17) is 11.6 Å². The van der Waals surface area contributed by atoms with Gasteiger partial charge < -0.3 is 10.6 Å². The fourth-order valence-electron chi connectivity index (χ4n) is 2.70. The van der Waals surface area contributed by atoms with E-state index in [1.807, 2.05) is 0 Å². The number of rotatable bonds is 8. The number of nitrogens with one attached hydrogen (secondary N) is 2. The van der Waals surface area contributed by atoms with E-state index in [0.717, 1.165) is 5.56 Å². The van der Waals surface area contributed by atoms with E-state index in [1.165, 1.54) is 4.31 Å². The van der Waals surface area contributed by atoms with Crippen molar-refractivity contribution in [1.82, 2.24) is 9.62 Å². The highest BCUT2D eigenvalue weighted by atomic mass is 35.5. The van der Waals surface area contributed by atoms with Crippen molar-refractivity contribution < 1.29 is 18.0 Å². The minimum absolute atomic E-state index is 0.231. The molecule has 0 saturated heterocycles. The van der Waals surface area contributed by atoms with Gasteiger partial charge in [-0.2, -0.15) is 4.31 Å². The summed E-state index contributed by atoms with van der Waals surface area (Å²) in [5.41, 5.74) is 1.28. The first kappa shape index (κ1) is 22.9. The second-order valence-corrected chi connectivity index (χ2v) is 8.58. The zero-order valence-corrected chi connectivity index (χ0v) is 17.9. The summed E-state index contributed by atoms with van der Waals surface area (Å²) in [6.07, 6.45) is 0.460. The number of hydrogen-bond donors (Lipinski definition) is 2. The molecule has 156 valence electrons. The van der Waals surface area contributed by atoms with Gasteiger partial charge in [-0.25, -0.2) is 8.42 Å². The number of anilines is 1. The third kappa shape index (κ3) is 6.28. The average molecular weight is 438 g/mol. The Morgan fingerprint density at radius 1 is 1.00 bits per heavy atom. The highest BCUT2D eigenvalue weighted by Gasteiger charge is 2.21. The second-order valence-electron chi connectivity index (χ2n) is 6.20. The highest BCUT2D eigenvalue weighted by molar-refractivity contribution is 7.89. The van der Waals surface area contributed by atoms with Crippen LogP contribution in [0.25, 0.3) is 0 Å². The molecular formula is C20H24ClN3O4S. The number of carbonyl (C=O) groups excluding carboxylic acids is 2. The number of amides is 2. The first-order valence-electron chi connectivity index (χ1n) is 9.21. The average Bonchev–Trinajstić information content (AvgIpc) is 2.69. The van der Waals surface area contributed by atoms with Crippen LogP contribution in [-0.2, 0) is 26.0 Å². The van der Waals surface area contributed by atoms with Crippen LogP contribution in [-0.4, -0.2) is 44.2 Å². The van der Waals surface area contributed by atoms with Gasteiger partial charge in [0.1, 0.15) is 0 Å². The number of nitrogens with zero attached hydrogens (tertiary/aromatic N) is 1. The molecule has 0 heterocycles. The van der Waals surface area contributed by atoms with Gasteiger partial charge in [-0.3, -0.25) is 9.59 Å². The molecule has 2 N–H and O–H groups in total. The van der Waals surface area contributed by atoms with Gasteiger partial charge in [0.2, 0.25) is 10.0 Å². The molecular weight excluding hydrogens is 414 g/mol. The summed E-state index contributed by atoms with van der Waals surface area (Å²) in [7, 11) is -3.49. The molecule has 0 aliphatic heterocycles. The maximum atomic E-state index is 12.5. The lowest BCUT2D eigenvalue weighted by Crippen LogP contribution is -2.36. The standard InChI is InChI=1S/C20H24ClN3O4S/c1-3-24(4-2)29(27,28)18-10-8-15(9-11-18)12-13-22-19(25)20(26)23-17-7-5-6-16(21)14-17/h5-11,14H,3-4,12-13H2,1-2H3,(H,22,25)(H,23,26). The van der Waals surface area contributed by atoms with Crippen LogP contribution in [0.1, 0.15) is 19.4 Å². The Bertz CT molecular complexity index is 958. The third-order valence-corrected chi connectivity index (χ3v) is 6.55. The molecule has 29 heavy (non-hydrogen) atoms. The summed E-state index contributed by atoms with van der Waals surface area (Å²) in [6.45, 7) is 4.64. The molecule has 2 aromatic carbocycles. The van der Waals surface area contributed by atoms with Gasteiger partial charge in [-0.1, -0.05) is 43.6 Å². The van der Waals surface area contributed by atoms with Crippen molar-refractivity contribution in [3.05, 3.63) is 59.1 Å². The van der Waals surface area contributed by atoms with E-state index >= 15 is 0 Å². The van der Waals surface area contributed by atoms with Crippen molar-refractivity contribution in [3.63, 3.8) is 0 Å². The van der Waals surface area contributed by atoms with Gasteiger partial charge in [0.05, 0.1) is 4.90 Å². The molecule has 0 saturated carbocycles. The van der Waals surface area contributed by atoms with Gasteiger partial charge in [0.25, 0.3) is 0 Å². The fraction of sp³-hybridized carbons (Fsp3) is 0.300. The van der Waals surface area contributed by atoms with Crippen molar-refractivity contribution in [2.45, 2.75) is 25.2 Å². The summed E-state index contributed by atoms with van der Waals surface area (Å²) < 4.78 is 26.3. The van der Waals surface area contributed by atoms with Crippen LogP contribution in [0.5, 0.6) is 0 Å². The minimum Gasteiger partial charge on any atom is -0.347 e. The topological polar surface area (TPSA) is 95.6 Å². The molecule has 2 amide bonds. The van der Waals surface area contributed by atoms with E-state index in [1.54, 1.807) is 62.4 Å². The lowest BCUT2D eigenvalue weighted by atomic mass is 10.1. The van der Waals surface area contributed by atoms with Gasteiger partial charge in [0, 0.05) is 30.3 Å². The molecule has 7 nitrogen and oxygen atoms in total. The van der Waals surface area contributed by atoms with Crippen molar-refractivity contribution in [2.75, 3.05) is 25.0 Å². The van der Waals surface area contributed by atoms with Crippen LogP contribution < -0.4 is 10.6 Å². The zero-order valence-electron chi connectivity index (χ0n) is 16.3. The molecule has 0 fully saturated rings. The maximum absolute atomic E-state index is 12.5. The lowest BCUT2D eigenvalue weighted by molar-refractivity contribution is -0.136. The van der Waals surface area contributed by atoms with Crippen molar-refractivity contribution in [2.24, 2.45) is 0 Å². The van der Waals surface area contributed by atoms with Gasteiger partial charge in [-0.05, 0) is 42.3 Å². The number of hydrogen-bond acceptors (Lipinski definition) is 4. The van der Waals surface area contributed by atoms with Gasteiger partial charge >= 0.3 is 11.8 Å². The molecule has 0 atom stereocenters. The molecule has 0 radical (unpaired) electrons. The van der Waals surface area contributed by atoms with Crippen LogP contribution in [0.2, 0.25) is 5.02 Å². The first-order valence-corrected chi connectivity index (χ1v) is 11.0. The Hall–Kier alpha value is -2.42. The Morgan fingerprint density at radius 2 is 1.66 bits per heavy atom. The molecule has 9 heteroatoms. The molecule has 0 unspecified atom stereocenters. The zero-order chi connectivity index (χ0) is 21.4. The summed E-state index contributed by atoms with van der Waals surface area (Å²) in [5, 5.41) is 5.46. The number of sulfonamides is 1. The molecule has 2 aromatic rings. The van der Waals surface area contributed by atoms with Crippen LogP contribution >= 0.6 is 11.6 Å². The van der Waals surface area contributed by atoms with Gasteiger partial charge in [-0.15, -0.1) is 0 Å². The highest BCUT2D eigenvalue weighted by Crippen LogP contribution is 2.16. The number of carbonyl (C=O) groups is 2. The van der Waals surface area contributed by atoms with E-state index < -0.39 is 21.8 Å². The van der Waals surface area contributed by atoms with E-state index in [-0.39, 0.29) is 11.4 Å². The summed E-state index contributed by atoms with van der Waals surface area (Å²) in [4.78, 5) is 24.0. The largest absolute Gasteiger partial charge is 0.347 e. The SMILES string of the molecule is CCN(CC)S(=O)(=O)c1ccc(CCNC(=O)C(=O)Nc2cccc(Cl)c2)cc1. The summed E-state index contributed by atoms with van der Waals surface area (Å²) >= 11 is 5.84. The minimum atomic E-state index is -3.49. The quantitative estimate of drug-likeness (QED) is 0.620. The Morgan fingerprint density at radius 3 is 2.24 bits per heavy atom.